The number of anilines is 1. The van der Waals surface area contributed by atoms with Crippen molar-refractivity contribution in [3.8, 4) is 0 Å². The minimum absolute atomic E-state index is 0.267. The highest BCUT2D eigenvalue weighted by molar-refractivity contribution is 7.80. The third-order valence-electron chi connectivity index (χ3n) is 2.85. The monoisotopic (exact) mass is 290 g/mol. The fourth-order valence-corrected chi connectivity index (χ4v) is 2.25. The van der Waals surface area contributed by atoms with Gasteiger partial charge in [0.25, 0.3) is 0 Å². The number of rotatable bonds is 4. The minimum atomic E-state index is 0.267. The average molecular weight is 291 g/mol. The highest BCUT2D eigenvalue weighted by Gasteiger charge is 2.05. The average Bonchev–Trinajstić information content (AvgIpc) is 2.40. The van der Waals surface area contributed by atoms with E-state index < -0.39 is 0 Å². The third kappa shape index (κ3) is 4.23. The predicted octanol–water partition coefficient (Wildman–Crippen LogP) is 3.78. The number of nitrogens with two attached hydrogens (primary N) is 1. The van der Waals surface area contributed by atoms with Crippen LogP contribution in [0.25, 0.3) is 0 Å². The summed E-state index contributed by atoms with van der Waals surface area (Å²) >= 11 is 10.9. The number of benzene rings is 2. The Labute approximate surface area is 123 Å². The van der Waals surface area contributed by atoms with E-state index in [-0.39, 0.29) is 5.11 Å². The summed E-state index contributed by atoms with van der Waals surface area (Å²) in [4.78, 5) is 0. The molecular weight excluding hydrogens is 276 g/mol. The van der Waals surface area contributed by atoms with Crippen LogP contribution < -0.4 is 11.1 Å². The van der Waals surface area contributed by atoms with Gasteiger partial charge in [-0.25, -0.2) is 0 Å². The molecular formula is C15H15ClN2S. The topological polar surface area (TPSA) is 38.0 Å². The molecule has 0 aliphatic carbocycles. The van der Waals surface area contributed by atoms with E-state index in [0.717, 1.165) is 29.1 Å². The summed E-state index contributed by atoms with van der Waals surface area (Å²) in [5.41, 5.74) is 8.86. The third-order valence-corrected chi connectivity index (χ3v) is 3.19. The summed E-state index contributed by atoms with van der Waals surface area (Å²) < 4.78 is 0. The molecule has 0 bridgehead atoms. The van der Waals surface area contributed by atoms with Crippen LogP contribution in [0.3, 0.4) is 0 Å². The molecule has 98 valence electrons. The van der Waals surface area contributed by atoms with Gasteiger partial charge in [0.2, 0.25) is 0 Å². The molecule has 0 atom stereocenters. The van der Waals surface area contributed by atoms with Crippen LogP contribution in [0.4, 0.5) is 5.69 Å². The van der Waals surface area contributed by atoms with Crippen molar-refractivity contribution in [3.05, 3.63) is 64.7 Å². The summed E-state index contributed by atoms with van der Waals surface area (Å²) in [5.74, 6) is 0. The van der Waals surface area contributed by atoms with Crippen molar-refractivity contribution < 1.29 is 0 Å². The number of hydrogen-bond acceptors (Lipinski definition) is 1. The van der Waals surface area contributed by atoms with Crippen molar-refractivity contribution >= 4 is 34.6 Å². The van der Waals surface area contributed by atoms with Crippen molar-refractivity contribution in [2.45, 2.75) is 12.8 Å². The molecule has 0 aliphatic rings. The van der Waals surface area contributed by atoms with Crippen LogP contribution in [0.15, 0.2) is 48.5 Å². The van der Waals surface area contributed by atoms with Crippen LogP contribution in [0.1, 0.15) is 11.1 Å². The number of aryl methyl sites for hydroxylation is 2. The molecule has 0 saturated heterocycles. The van der Waals surface area contributed by atoms with E-state index in [9.17, 15) is 0 Å². The first kappa shape index (κ1) is 13.8. The Morgan fingerprint density at radius 1 is 1.11 bits per heavy atom. The maximum Gasteiger partial charge on any atom is 0.168 e. The molecule has 0 saturated carbocycles. The Bertz CT molecular complexity index is 570. The summed E-state index contributed by atoms with van der Waals surface area (Å²) in [7, 11) is 0. The normalized spacial score (nSPS) is 10.2. The number of halogens is 1. The highest BCUT2D eigenvalue weighted by atomic mass is 35.5. The molecule has 19 heavy (non-hydrogen) atoms. The summed E-state index contributed by atoms with van der Waals surface area (Å²) in [6.45, 7) is 0. The second-order valence-corrected chi connectivity index (χ2v) is 5.15. The molecule has 0 radical (unpaired) electrons. The predicted molar refractivity (Wildman–Crippen MR) is 85.7 cm³/mol. The first-order chi connectivity index (χ1) is 9.15. The molecule has 0 spiro atoms. The first-order valence-corrected chi connectivity index (χ1v) is 6.82. The Hall–Kier alpha value is -1.58. The number of thiocarbonyl (C=S) groups is 1. The van der Waals surface area contributed by atoms with Gasteiger partial charge in [-0.3, -0.25) is 0 Å². The Kier molecular flexibility index (Phi) is 4.77. The van der Waals surface area contributed by atoms with Crippen molar-refractivity contribution in [1.82, 2.24) is 0 Å². The fraction of sp³-hybridized carbons (Fsp3) is 0.133. The van der Waals surface area contributed by atoms with E-state index >= 15 is 0 Å². The van der Waals surface area contributed by atoms with Gasteiger partial charge in [0.1, 0.15) is 0 Å². The van der Waals surface area contributed by atoms with Crippen molar-refractivity contribution in [3.63, 3.8) is 0 Å². The van der Waals surface area contributed by atoms with Gasteiger partial charge in [-0.15, -0.1) is 0 Å². The Balaban J connectivity index is 2.14. The van der Waals surface area contributed by atoms with Gasteiger partial charge >= 0.3 is 0 Å². The maximum atomic E-state index is 6.04. The van der Waals surface area contributed by atoms with Crippen LogP contribution in [0.2, 0.25) is 5.02 Å². The van der Waals surface area contributed by atoms with Gasteiger partial charge in [-0.05, 0) is 54.4 Å². The zero-order valence-corrected chi connectivity index (χ0v) is 12.0. The van der Waals surface area contributed by atoms with Crippen LogP contribution >= 0.6 is 23.8 Å². The van der Waals surface area contributed by atoms with Gasteiger partial charge in [-0.2, -0.15) is 0 Å². The minimum Gasteiger partial charge on any atom is -0.376 e. The Morgan fingerprint density at radius 2 is 1.84 bits per heavy atom. The molecule has 0 heterocycles. The molecule has 4 heteroatoms. The molecule has 0 aromatic heterocycles. The lowest BCUT2D eigenvalue weighted by atomic mass is 10.0. The van der Waals surface area contributed by atoms with Gasteiger partial charge in [-0.1, -0.05) is 41.9 Å². The summed E-state index contributed by atoms with van der Waals surface area (Å²) in [5, 5.41) is 3.97. The van der Waals surface area contributed by atoms with Crippen molar-refractivity contribution in [2.75, 3.05) is 5.32 Å². The van der Waals surface area contributed by atoms with Gasteiger partial charge in [0.15, 0.2) is 5.11 Å². The van der Waals surface area contributed by atoms with Crippen LogP contribution in [-0.4, -0.2) is 5.11 Å². The highest BCUT2D eigenvalue weighted by Crippen LogP contribution is 2.22. The standard InChI is InChI=1S/C15H15ClN2S/c16-13-8-9-14(18-15(17)19)12(10-13)7-6-11-4-2-1-3-5-11/h1-5,8-10H,6-7H2,(H3,17,18,19). The van der Waals surface area contributed by atoms with Crippen molar-refractivity contribution in [2.24, 2.45) is 5.73 Å². The summed E-state index contributed by atoms with van der Waals surface area (Å²) in [6, 6.07) is 16.0. The molecule has 3 N–H and O–H groups in total. The van der Waals surface area contributed by atoms with E-state index in [1.165, 1.54) is 5.56 Å². The zero-order valence-electron chi connectivity index (χ0n) is 10.4. The smallest absolute Gasteiger partial charge is 0.168 e. The second-order valence-electron chi connectivity index (χ2n) is 4.28. The second kappa shape index (κ2) is 6.55. The van der Waals surface area contributed by atoms with E-state index in [1.807, 2.05) is 36.4 Å². The lowest BCUT2D eigenvalue weighted by Crippen LogP contribution is -2.19. The molecule has 2 aromatic rings. The molecule has 2 aromatic carbocycles. The molecule has 0 aliphatic heterocycles. The van der Waals surface area contributed by atoms with E-state index in [1.54, 1.807) is 0 Å². The van der Waals surface area contributed by atoms with Crippen LogP contribution in [0.5, 0.6) is 0 Å². The molecule has 0 fully saturated rings. The SMILES string of the molecule is NC(=S)Nc1ccc(Cl)cc1CCc1ccccc1. The van der Waals surface area contributed by atoms with E-state index in [0.29, 0.717) is 0 Å². The van der Waals surface area contributed by atoms with Gasteiger partial charge in [0, 0.05) is 10.7 Å². The Morgan fingerprint density at radius 3 is 2.53 bits per heavy atom. The van der Waals surface area contributed by atoms with Gasteiger partial charge < -0.3 is 11.1 Å². The van der Waals surface area contributed by atoms with Crippen LogP contribution in [-0.2, 0) is 12.8 Å². The van der Waals surface area contributed by atoms with Crippen molar-refractivity contribution in [1.29, 1.82) is 0 Å². The van der Waals surface area contributed by atoms with Gasteiger partial charge in [0.05, 0.1) is 0 Å². The fourth-order valence-electron chi connectivity index (χ4n) is 1.95. The van der Waals surface area contributed by atoms with E-state index in [2.05, 4.69) is 17.4 Å². The number of nitrogens with one attached hydrogen (secondary N) is 1. The first-order valence-electron chi connectivity index (χ1n) is 6.04. The summed E-state index contributed by atoms with van der Waals surface area (Å²) in [6.07, 6.45) is 1.84. The maximum absolute atomic E-state index is 6.04. The van der Waals surface area contributed by atoms with E-state index in [4.69, 9.17) is 29.6 Å². The largest absolute Gasteiger partial charge is 0.376 e. The zero-order chi connectivity index (χ0) is 13.7. The molecule has 0 unspecified atom stereocenters. The lowest BCUT2D eigenvalue weighted by molar-refractivity contribution is 0.962. The molecule has 2 nitrogen and oxygen atoms in total. The lowest BCUT2D eigenvalue weighted by Gasteiger charge is -2.11. The number of hydrogen-bond donors (Lipinski definition) is 2. The van der Waals surface area contributed by atoms with Crippen LogP contribution in [0, 0.1) is 0 Å². The quantitative estimate of drug-likeness (QED) is 0.842. The molecule has 0 amide bonds. The molecule has 2 rings (SSSR count).